The Labute approximate surface area is 223 Å². The third kappa shape index (κ3) is 6.81. The summed E-state index contributed by atoms with van der Waals surface area (Å²) in [5.41, 5.74) is 2.71. The maximum Gasteiger partial charge on any atom is 0.329 e. The lowest BCUT2D eigenvalue weighted by Gasteiger charge is -2.36. The van der Waals surface area contributed by atoms with E-state index in [-0.39, 0.29) is 5.91 Å². The third-order valence-electron chi connectivity index (χ3n) is 6.59. The Balaban J connectivity index is 1.22. The van der Waals surface area contributed by atoms with Crippen molar-refractivity contribution in [3.05, 3.63) is 52.0 Å². The van der Waals surface area contributed by atoms with Crippen LogP contribution in [0.5, 0.6) is 5.75 Å². The van der Waals surface area contributed by atoms with Crippen molar-refractivity contribution in [1.82, 2.24) is 4.90 Å². The van der Waals surface area contributed by atoms with Gasteiger partial charge in [-0.2, -0.15) is 0 Å². The lowest BCUT2D eigenvalue weighted by Crippen LogP contribution is -2.46. The highest BCUT2D eigenvalue weighted by molar-refractivity contribution is 7.39. The molecule has 8 nitrogen and oxygen atoms in total. The van der Waals surface area contributed by atoms with Crippen LogP contribution in [0.3, 0.4) is 0 Å². The van der Waals surface area contributed by atoms with E-state index in [0.717, 1.165) is 56.8 Å². The van der Waals surface area contributed by atoms with Crippen LogP contribution in [0.15, 0.2) is 36.4 Å². The molecule has 4 rings (SSSR count). The second-order valence-electron chi connectivity index (χ2n) is 8.97. The molecule has 2 aliphatic heterocycles. The Morgan fingerprint density at radius 3 is 2.56 bits per heavy atom. The van der Waals surface area contributed by atoms with E-state index in [1.807, 2.05) is 36.4 Å². The monoisotopic (exact) mass is 555 g/mol. The van der Waals surface area contributed by atoms with Gasteiger partial charge in [-0.25, -0.2) is 0 Å². The Hall–Kier alpha value is -1.64. The number of unbranched alkanes of at least 4 members (excludes halogenated alkanes) is 1. The van der Waals surface area contributed by atoms with Crippen LogP contribution in [0, 0.1) is 0 Å². The van der Waals surface area contributed by atoms with Crippen molar-refractivity contribution in [2.24, 2.45) is 0 Å². The summed E-state index contributed by atoms with van der Waals surface area (Å²) in [7, 11) is -2.56. The van der Waals surface area contributed by atoms with Crippen molar-refractivity contribution in [3.63, 3.8) is 0 Å². The van der Waals surface area contributed by atoms with Crippen LogP contribution < -0.4 is 14.5 Å². The van der Waals surface area contributed by atoms with E-state index in [2.05, 4.69) is 9.80 Å². The second-order valence-corrected chi connectivity index (χ2v) is 10.5. The summed E-state index contributed by atoms with van der Waals surface area (Å²) in [6.07, 6.45) is 2.16. The molecule has 1 saturated heterocycles. The van der Waals surface area contributed by atoms with E-state index in [0.29, 0.717) is 40.9 Å². The molecule has 0 bridgehead atoms. The van der Waals surface area contributed by atoms with Gasteiger partial charge in [0.25, 0.3) is 0 Å². The number of piperazine rings is 1. The lowest BCUT2D eigenvalue weighted by atomic mass is 10.0. The molecular formula is C25H32Cl2N3O5P. The highest BCUT2D eigenvalue weighted by atomic mass is 35.5. The van der Waals surface area contributed by atoms with Crippen LogP contribution in [0.2, 0.25) is 10.0 Å². The summed E-state index contributed by atoms with van der Waals surface area (Å²) in [5, 5.41) is 1.20. The molecule has 0 aromatic heterocycles. The van der Waals surface area contributed by atoms with Gasteiger partial charge in [0.2, 0.25) is 5.91 Å². The second kappa shape index (κ2) is 12.7. The fraction of sp³-hybridized carbons (Fsp3) is 0.480. The van der Waals surface area contributed by atoms with E-state index in [1.54, 1.807) is 6.92 Å². The standard InChI is InChI=1S/C25H32Cl2N3O5P/c1-18(35-36(32)33)30-23-17-20(9-7-19(23)8-10-24(30)31)34-16-3-2-11-28-12-14-29(15-13-28)22-6-4-5-21(26)25(22)27/h4-7,9,17-18,32-33H,2-3,8,10-16H2,1H3. The maximum atomic E-state index is 12.5. The van der Waals surface area contributed by atoms with E-state index in [1.165, 1.54) is 4.90 Å². The molecule has 0 saturated carbocycles. The maximum absolute atomic E-state index is 12.5. The predicted molar refractivity (Wildman–Crippen MR) is 144 cm³/mol. The van der Waals surface area contributed by atoms with Gasteiger partial charge in [0.1, 0.15) is 12.0 Å². The molecule has 0 spiro atoms. The zero-order valence-electron chi connectivity index (χ0n) is 20.3. The Bertz CT molecular complexity index is 1050. The first kappa shape index (κ1) is 27.4. The van der Waals surface area contributed by atoms with E-state index in [4.69, 9.17) is 32.5 Å². The number of fused-ring (bicyclic) bond motifs is 1. The average Bonchev–Trinajstić information content (AvgIpc) is 2.85. The van der Waals surface area contributed by atoms with Gasteiger partial charge in [-0.05, 0) is 56.5 Å². The van der Waals surface area contributed by atoms with Crippen LogP contribution in [-0.4, -0.2) is 66.2 Å². The fourth-order valence-corrected chi connectivity index (χ4v) is 5.51. The molecule has 1 fully saturated rings. The largest absolute Gasteiger partial charge is 0.494 e. The zero-order valence-corrected chi connectivity index (χ0v) is 22.7. The van der Waals surface area contributed by atoms with Gasteiger partial charge in [-0.1, -0.05) is 35.3 Å². The Morgan fingerprint density at radius 1 is 1.03 bits per heavy atom. The molecule has 36 heavy (non-hydrogen) atoms. The molecule has 0 radical (unpaired) electrons. The SMILES string of the molecule is CC(OP(O)O)N1C(=O)CCc2ccc(OCCCCN3CCN(c4cccc(Cl)c4Cl)CC3)cc21. The number of nitrogens with zero attached hydrogens (tertiary/aromatic N) is 3. The summed E-state index contributed by atoms with van der Waals surface area (Å²) in [6, 6.07) is 11.5. The quantitative estimate of drug-likeness (QED) is 0.321. The molecule has 1 unspecified atom stereocenters. The highest BCUT2D eigenvalue weighted by Crippen LogP contribution is 2.37. The summed E-state index contributed by atoms with van der Waals surface area (Å²) in [5.74, 6) is 0.574. The molecule has 1 atom stereocenters. The first-order chi connectivity index (χ1) is 17.3. The molecule has 2 heterocycles. The van der Waals surface area contributed by atoms with E-state index in [9.17, 15) is 14.6 Å². The van der Waals surface area contributed by atoms with Gasteiger partial charge in [0, 0.05) is 38.7 Å². The number of ether oxygens (including phenoxy) is 1. The first-order valence-corrected chi connectivity index (χ1v) is 14.1. The molecule has 2 aliphatic rings. The van der Waals surface area contributed by atoms with Gasteiger partial charge in [0.05, 0.1) is 28.0 Å². The van der Waals surface area contributed by atoms with Crippen molar-refractivity contribution in [3.8, 4) is 5.75 Å². The van der Waals surface area contributed by atoms with E-state index >= 15 is 0 Å². The third-order valence-corrected chi connectivity index (χ3v) is 7.89. The smallest absolute Gasteiger partial charge is 0.329 e. The average molecular weight is 556 g/mol. The van der Waals surface area contributed by atoms with Crippen molar-refractivity contribution >= 4 is 49.1 Å². The molecule has 0 aliphatic carbocycles. The molecule has 2 aromatic rings. The minimum atomic E-state index is -2.56. The number of aryl methyl sites for hydroxylation is 1. The number of rotatable bonds is 10. The number of benzene rings is 2. The van der Waals surface area contributed by atoms with Crippen molar-refractivity contribution in [2.45, 2.75) is 38.8 Å². The predicted octanol–water partition coefficient (Wildman–Crippen LogP) is 4.83. The van der Waals surface area contributed by atoms with Gasteiger partial charge in [-0.15, -0.1) is 0 Å². The van der Waals surface area contributed by atoms with Gasteiger partial charge in [0.15, 0.2) is 0 Å². The summed E-state index contributed by atoms with van der Waals surface area (Å²) < 4.78 is 11.1. The van der Waals surface area contributed by atoms with Crippen molar-refractivity contribution in [1.29, 1.82) is 0 Å². The number of halogens is 2. The number of amides is 1. The number of hydrogen-bond donors (Lipinski definition) is 2. The van der Waals surface area contributed by atoms with Gasteiger partial charge < -0.3 is 19.4 Å². The Morgan fingerprint density at radius 2 is 1.81 bits per heavy atom. The summed E-state index contributed by atoms with van der Waals surface area (Å²) >= 11 is 12.5. The summed E-state index contributed by atoms with van der Waals surface area (Å²) in [4.78, 5) is 37.1. The molecule has 2 aromatic carbocycles. The number of carbonyl (C=O) groups is 1. The summed E-state index contributed by atoms with van der Waals surface area (Å²) in [6.45, 7) is 6.99. The molecule has 196 valence electrons. The van der Waals surface area contributed by atoms with Crippen LogP contribution in [-0.2, 0) is 15.7 Å². The van der Waals surface area contributed by atoms with Crippen LogP contribution in [0.25, 0.3) is 0 Å². The van der Waals surface area contributed by atoms with Crippen molar-refractivity contribution in [2.75, 3.05) is 49.1 Å². The molecule has 11 heteroatoms. The van der Waals surface area contributed by atoms with Crippen LogP contribution in [0.4, 0.5) is 11.4 Å². The zero-order chi connectivity index (χ0) is 25.7. The molecule has 2 N–H and O–H groups in total. The topological polar surface area (TPSA) is 85.7 Å². The molecule has 1 amide bonds. The molecular weight excluding hydrogens is 524 g/mol. The van der Waals surface area contributed by atoms with Crippen LogP contribution >= 0.6 is 31.8 Å². The minimum Gasteiger partial charge on any atom is -0.494 e. The Kier molecular flexibility index (Phi) is 9.70. The fourth-order valence-electron chi connectivity index (χ4n) is 4.72. The van der Waals surface area contributed by atoms with Gasteiger partial charge in [-0.3, -0.25) is 19.1 Å². The number of anilines is 2. The number of hydrogen-bond acceptors (Lipinski definition) is 7. The normalized spacial score (nSPS) is 17.4. The van der Waals surface area contributed by atoms with Crippen LogP contribution in [0.1, 0.15) is 31.7 Å². The van der Waals surface area contributed by atoms with E-state index < -0.39 is 14.8 Å². The minimum absolute atomic E-state index is 0.110. The lowest BCUT2D eigenvalue weighted by molar-refractivity contribution is -0.120. The highest BCUT2D eigenvalue weighted by Gasteiger charge is 2.30. The first-order valence-electron chi connectivity index (χ1n) is 12.2. The van der Waals surface area contributed by atoms with Gasteiger partial charge >= 0.3 is 8.60 Å². The van der Waals surface area contributed by atoms with Crippen molar-refractivity contribution < 1.29 is 23.8 Å². The number of carbonyl (C=O) groups excluding carboxylic acids is 1.